The van der Waals surface area contributed by atoms with E-state index >= 15 is 0 Å². The Hall–Kier alpha value is -1.84. The average Bonchev–Trinajstić information content (AvgIpc) is 2.85. The molecule has 0 aliphatic rings. The summed E-state index contributed by atoms with van der Waals surface area (Å²) < 4.78 is 2.25. The van der Waals surface area contributed by atoms with Gasteiger partial charge < -0.3 is 10.3 Å². The number of aryl methyl sites for hydroxylation is 1. The van der Waals surface area contributed by atoms with Gasteiger partial charge in [0, 0.05) is 24.5 Å². The molecular formula is C17H18ClN3. The summed E-state index contributed by atoms with van der Waals surface area (Å²) in [5.74, 6) is 1.07. The fourth-order valence-corrected chi connectivity index (χ4v) is 2.75. The van der Waals surface area contributed by atoms with Gasteiger partial charge in [-0.05, 0) is 42.3 Å². The van der Waals surface area contributed by atoms with E-state index in [4.69, 9.17) is 22.3 Å². The van der Waals surface area contributed by atoms with Gasteiger partial charge in [-0.25, -0.2) is 4.98 Å². The van der Waals surface area contributed by atoms with Crippen LogP contribution >= 0.6 is 11.6 Å². The molecule has 4 heteroatoms. The first-order valence-electron chi connectivity index (χ1n) is 7.14. The van der Waals surface area contributed by atoms with E-state index in [-0.39, 0.29) is 0 Å². The van der Waals surface area contributed by atoms with Crippen molar-refractivity contribution in [1.82, 2.24) is 9.55 Å². The predicted octanol–water partition coefficient (Wildman–Crippen LogP) is 3.76. The largest absolute Gasteiger partial charge is 0.328 e. The quantitative estimate of drug-likeness (QED) is 0.797. The van der Waals surface area contributed by atoms with Crippen molar-refractivity contribution in [3.05, 3.63) is 64.4 Å². The molecule has 0 fully saturated rings. The van der Waals surface area contributed by atoms with Crippen molar-refractivity contribution in [2.45, 2.75) is 26.4 Å². The SMILES string of the molecule is CCn1c(Cc2ccc(Cl)cc2)nc2cc(CN)ccc21. The van der Waals surface area contributed by atoms with Crippen molar-refractivity contribution in [2.24, 2.45) is 5.73 Å². The summed E-state index contributed by atoms with van der Waals surface area (Å²) in [7, 11) is 0. The second kappa shape index (κ2) is 5.88. The molecule has 0 saturated heterocycles. The smallest absolute Gasteiger partial charge is 0.114 e. The molecular weight excluding hydrogens is 282 g/mol. The van der Waals surface area contributed by atoms with Gasteiger partial charge in [0.25, 0.3) is 0 Å². The Balaban J connectivity index is 2.02. The number of hydrogen-bond acceptors (Lipinski definition) is 2. The van der Waals surface area contributed by atoms with Crippen LogP contribution in [0.2, 0.25) is 5.02 Å². The monoisotopic (exact) mass is 299 g/mol. The van der Waals surface area contributed by atoms with Gasteiger partial charge in [-0.1, -0.05) is 29.8 Å². The Kier molecular flexibility index (Phi) is 3.95. The van der Waals surface area contributed by atoms with Gasteiger partial charge in [-0.3, -0.25) is 0 Å². The first kappa shape index (κ1) is 14.1. The van der Waals surface area contributed by atoms with Crippen molar-refractivity contribution >= 4 is 22.6 Å². The number of imidazole rings is 1. The minimum Gasteiger partial charge on any atom is -0.328 e. The van der Waals surface area contributed by atoms with E-state index in [0.717, 1.165) is 34.9 Å². The molecule has 1 heterocycles. The number of benzene rings is 2. The van der Waals surface area contributed by atoms with E-state index in [0.29, 0.717) is 6.54 Å². The third kappa shape index (κ3) is 2.80. The molecule has 0 spiro atoms. The van der Waals surface area contributed by atoms with Crippen LogP contribution in [0.1, 0.15) is 23.9 Å². The molecule has 0 atom stereocenters. The summed E-state index contributed by atoms with van der Waals surface area (Å²) in [6.07, 6.45) is 0.803. The van der Waals surface area contributed by atoms with E-state index in [9.17, 15) is 0 Å². The van der Waals surface area contributed by atoms with Gasteiger partial charge in [0.05, 0.1) is 11.0 Å². The minimum absolute atomic E-state index is 0.543. The van der Waals surface area contributed by atoms with Crippen LogP contribution in [0.5, 0.6) is 0 Å². The number of halogens is 1. The molecule has 0 aliphatic carbocycles. The highest BCUT2D eigenvalue weighted by Crippen LogP contribution is 2.20. The molecule has 108 valence electrons. The summed E-state index contributed by atoms with van der Waals surface area (Å²) in [5, 5.41) is 0.760. The van der Waals surface area contributed by atoms with Gasteiger partial charge >= 0.3 is 0 Å². The number of hydrogen-bond donors (Lipinski definition) is 1. The standard InChI is InChI=1S/C17H18ClN3/c1-2-21-16-8-5-13(11-19)9-15(16)20-17(21)10-12-3-6-14(18)7-4-12/h3-9H,2,10-11,19H2,1H3. The highest BCUT2D eigenvalue weighted by molar-refractivity contribution is 6.30. The Morgan fingerprint density at radius 1 is 1.10 bits per heavy atom. The van der Waals surface area contributed by atoms with Gasteiger partial charge in [0.15, 0.2) is 0 Å². The van der Waals surface area contributed by atoms with Crippen LogP contribution < -0.4 is 5.73 Å². The zero-order chi connectivity index (χ0) is 14.8. The lowest BCUT2D eigenvalue weighted by Crippen LogP contribution is -2.02. The first-order chi connectivity index (χ1) is 10.2. The molecule has 0 radical (unpaired) electrons. The Morgan fingerprint density at radius 3 is 2.48 bits per heavy atom. The number of rotatable bonds is 4. The highest BCUT2D eigenvalue weighted by Gasteiger charge is 2.10. The molecule has 1 aromatic heterocycles. The third-order valence-electron chi connectivity index (χ3n) is 3.72. The van der Waals surface area contributed by atoms with E-state index in [2.05, 4.69) is 29.7 Å². The zero-order valence-corrected chi connectivity index (χ0v) is 12.8. The Bertz CT molecular complexity index is 760. The van der Waals surface area contributed by atoms with Gasteiger partial charge in [0.1, 0.15) is 5.82 Å². The fraction of sp³-hybridized carbons (Fsp3) is 0.235. The number of fused-ring (bicyclic) bond motifs is 1. The van der Waals surface area contributed by atoms with Crippen LogP contribution in [-0.2, 0) is 19.5 Å². The Labute approximate surface area is 129 Å². The van der Waals surface area contributed by atoms with E-state index in [1.54, 1.807) is 0 Å². The molecule has 3 rings (SSSR count). The van der Waals surface area contributed by atoms with Gasteiger partial charge in [-0.2, -0.15) is 0 Å². The molecule has 2 aromatic carbocycles. The molecule has 0 bridgehead atoms. The number of nitrogens with two attached hydrogens (primary N) is 1. The Morgan fingerprint density at radius 2 is 1.81 bits per heavy atom. The number of aromatic nitrogens is 2. The average molecular weight is 300 g/mol. The van der Waals surface area contributed by atoms with Crippen LogP contribution in [0.25, 0.3) is 11.0 Å². The lowest BCUT2D eigenvalue weighted by Gasteiger charge is -2.06. The number of nitrogens with zero attached hydrogens (tertiary/aromatic N) is 2. The van der Waals surface area contributed by atoms with Crippen LogP contribution in [0, 0.1) is 0 Å². The second-order valence-electron chi connectivity index (χ2n) is 5.10. The lowest BCUT2D eigenvalue weighted by atomic mass is 10.1. The summed E-state index contributed by atoms with van der Waals surface area (Å²) >= 11 is 5.94. The van der Waals surface area contributed by atoms with Crippen LogP contribution in [0.4, 0.5) is 0 Å². The van der Waals surface area contributed by atoms with E-state index in [1.165, 1.54) is 11.1 Å². The van der Waals surface area contributed by atoms with Crippen molar-refractivity contribution in [3.8, 4) is 0 Å². The van der Waals surface area contributed by atoms with Crippen molar-refractivity contribution in [1.29, 1.82) is 0 Å². The maximum Gasteiger partial charge on any atom is 0.114 e. The van der Waals surface area contributed by atoms with Crippen LogP contribution in [-0.4, -0.2) is 9.55 Å². The third-order valence-corrected chi connectivity index (χ3v) is 3.97. The first-order valence-corrected chi connectivity index (χ1v) is 7.51. The lowest BCUT2D eigenvalue weighted by molar-refractivity contribution is 0.733. The summed E-state index contributed by atoms with van der Waals surface area (Å²) in [4.78, 5) is 4.78. The predicted molar refractivity (Wildman–Crippen MR) is 87.6 cm³/mol. The molecule has 21 heavy (non-hydrogen) atoms. The summed E-state index contributed by atoms with van der Waals surface area (Å²) in [5.41, 5.74) is 10.2. The highest BCUT2D eigenvalue weighted by atomic mass is 35.5. The van der Waals surface area contributed by atoms with Crippen molar-refractivity contribution in [2.75, 3.05) is 0 Å². The molecule has 2 N–H and O–H groups in total. The van der Waals surface area contributed by atoms with Gasteiger partial charge in [-0.15, -0.1) is 0 Å². The molecule has 3 nitrogen and oxygen atoms in total. The molecule has 0 saturated carbocycles. The van der Waals surface area contributed by atoms with Crippen molar-refractivity contribution < 1.29 is 0 Å². The maximum absolute atomic E-state index is 5.94. The molecule has 0 unspecified atom stereocenters. The van der Waals surface area contributed by atoms with Crippen LogP contribution in [0.15, 0.2) is 42.5 Å². The topological polar surface area (TPSA) is 43.8 Å². The van der Waals surface area contributed by atoms with E-state index < -0.39 is 0 Å². The molecule has 3 aromatic rings. The molecule has 0 amide bonds. The van der Waals surface area contributed by atoms with E-state index in [1.807, 2.05) is 24.3 Å². The minimum atomic E-state index is 0.543. The fourth-order valence-electron chi connectivity index (χ4n) is 2.62. The van der Waals surface area contributed by atoms with Crippen molar-refractivity contribution in [3.63, 3.8) is 0 Å². The van der Waals surface area contributed by atoms with Crippen LogP contribution in [0.3, 0.4) is 0 Å². The summed E-state index contributed by atoms with van der Waals surface area (Å²) in [6, 6.07) is 14.2. The molecule has 0 aliphatic heterocycles. The zero-order valence-electron chi connectivity index (χ0n) is 12.0. The normalized spacial score (nSPS) is 11.2. The summed E-state index contributed by atoms with van der Waals surface area (Å²) in [6.45, 7) is 3.59. The van der Waals surface area contributed by atoms with Gasteiger partial charge in [0.2, 0.25) is 0 Å². The second-order valence-corrected chi connectivity index (χ2v) is 5.54. The maximum atomic E-state index is 5.94.